The minimum atomic E-state index is 0.259. The second-order valence-corrected chi connectivity index (χ2v) is 1.97. The minimum Gasteiger partial charge on any atom is -0.396 e. The summed E-state index contributed by atoms with van der Waals surface area (Å²) in [7, 11) is 5.28. The van der Waals surface area contributed by atoms with Gasteiger partial charge < -0.3 is 5.73 Å². The monoisotopic (exact) mass is 138 g/mol. The molecule has 0 aliphatic rings. The second-order valence-electron chi connectivity index (χ2n) is 1.62. The Morgan fingerprint density at radius 1 is 1.56 bits per heavy atom. The molecule has 1 rings (SSSR count). The Hall–Kier alpha value is -0.695. The van der Waals surface area contributed by atoms with Crippen molar-refractivity contribution in [2.24, 2.45) is 0 Å². The van der Waals surface area contributed by atoms with E-state index in [1.807, 2.05) is 0 Å². The SMILES string of the molecule is [B]c1ccc(N)c(Cl)n1. The van der Waals surface area contributed by atoms with Crippen LogP contribution in [0.15, 0.2) is 12.1 Å². The van der Waals surface area contributed by atoms with Crippen molar-refractivity contribution >= 4 is 30.7 Å². The molecule has 1 aromatic rings. The highest BCUT2D eigenvalue weighted by Crippen LogP contribution is 2.10. The highest BCUT2D eigenvalue weighted by molar-refractivity contribution is 6.35. The highest BCUT2D eigenvalue weighted by Gasteiger charge is 1.93. The molecule has 2 nitrogen and oxygen atoms in total. The van der Waals surface area contributed by atoms with Crippen LogP contribution in [0.2, 0.25) is 5.15 Å². The Bertz CT molecular complexity index is 226. The average Bonchev–Trinajstić information content (AvgIpc) is 1.80. The van der Waals surface area contributed by atoms with Crippen LogP contribution in [0.25, 0.3) is 0 Å². The number of halogens is 1. The predicted molar refractivity (Wildman–Crippen MR) is 39.0 cm³/mol. The molecule has 44 valence electrons. The lowest BCUT2D eigenvalue weighted by atomic mass is 10.0. The van der Waals surface area contributed by atoms with E-state index < -0.39 is 0 Å². The average molecular weight is 138 g/mol. The Morgan fingerprint density at radius 2 is 2.22 bits per heavy atom. The maximum atomic E-state index is 5.50. The Labute approximate surface area is 59.4 Å². The number of nitrogens with two attached hydrogens (primary N) is 1. The summed E-state index contributed by atoms with van der Waals surface area (Å²) < 4.78 is 0. The van der Waals surface area contributed by atoms with Gasteiger partial charge in [-0.1, -0.05) is 11.6 Å². The smallest absolute Gasteiger partial charge is 0.151 e. The number of anilines is 1. The lowest BCUT2D eigenvalue weighted by Crippen LogP contribution is -2.08. The van der Waals surface area contributed by atoms with Gasteiger partial charge in [-0.2, -0.15) is 0 Å². The second kappa shape index (κ2) is 2.27. The normalized spacial score (nSPS) is 9.44. The number of rotatable bonds is 0. The van der Waals surface area contributed by atoms with Crippen LogP contribution in [-0.2, 0) is 0 Å². The van der Waals surface area contributed by atoms with Gasteiger partial charge in [0.05, 0.1) is 5.69 Å². The van der Waals surface area contributed by atoms with E-state index in [0.29, 0.717) is 11.3 Å². The third-order valence-corrected chi connectivity index (χ3v) is 1.20. The van der Waals surface area contributed by atoms with Gasteiger partial charge >= 0.3 is 0 Å². The summed E-state index contributed by atoms with van der Waals surface area (Å²) in [6.45, 7) is 0. The zero-order valence-electron chi connectivity index (χ0n) is 4.63. The molecule has 0 unspecified atom stereocenters. The summed E-state index contributed by atoms with van der Waals surface area (Å²) in [6, 6.07) is 3.21. The van der Waals surface area contributed by atoms with Gasteiger partial charge in [-0.25, -0.2) is 0 Å². The maximum absolute atomic E-state index is 5.50. The van der Waals surface area contributed by atoms with E-state index in [1.165, 1.54) is 0 Å². The van der Waals surface area contributed by atoms with Crippen LogP contribution in [0.4, 0.5) is 5.69 Å². The largest absolute Gasteiger partial charge is 0.396 e. The molecule has 0 amide bonds. The van der Waals surface area contributed by atoms with Gasteiger partial charge in [-0.15, -0.1) is 0 Å². The third kappa shape index (κ3) is 1.36. The zero-order chi connectivity index (χ0) is 6.85. The van der Waals surface area contributed by atoms with E-state index >= 15 is 0 Å². The highest BCUT2D eigenvalue weighted by atomic mass is 35.5. The lowest BCUT2D eigenvalue weighted by Gasteiger charge is -1.95. The van der Waals surface area contributed by atoms with Gasteiger partial charge in [0, 0.05) is 0 Å². The van der Waals surface area contributed by atoms with Crippen molar-refractivity contribution in [2.45, 2.75) is 0 Å². The summed E-state index contributed by atoms with van der Waals surface area (Å²) in [5.41, 5.74) is 6.17. The quantitative estimate of drug-likeness (QED) is 0.408. The third-order valence-electron chi connectivity index (χ3n) is 0.899. The molecule has 9 heavy (non-hydrogen) atoms. The van der Waals surface area contributed by atoms with Gasteiger partial charge in [0.15, 0.2) is 5.15 Å². The topological polar surface area (TPSA) is 38.9 Å². The molecule has 1 heterocycles. The maximum Gasteiger partial charge on any atom is 0.151 e. The Morgan fingerprint density at radius 3 is 2.67 bits per heavy atom. The molecule has 1 aromatic heterocycles. The molecule has 2 radical (unpaired) electrons. The van der Waals surface area contributed by atoms with Crippen LogP contribution >= 0.6 is 11.6 Å². The molecule has 0 bridgehead atoms. The van der Waals surface area contributed by atoms with Crippen molar-refractivity contribution in [2.75, 3.05) is 5.73 Å². The zero-order valence-corrected chi connectivity index (χ0v) is 5.39. The van der Waals surface area contributed by atoms with E-state index in [1.54, 1.807) is 12.1 Å². The molecule has 4 heteroatoms. The van der Waals surface area contributed by atoms with Crippen LogP contribution < -0.4 is 11.3 Å². The van der Waals surface area contributed by atoms with Crippen LogP contribution in [0.5, 0.6) is 0 Å². The predicted octanol–water partition coefficient (Wildman–Crippen LogP) is 0.111. The number of aromatic nitrogens is 1. The van der Waals surface area contributed by atoms with Crippen molar-refractivity contribution in [1.29, 1.82) is 0 Å². The number of pyridine rings is 1. The molecule has 0 fully saturated rings. The van der Waals surface area contributed by atoms with Gasteiger partial charge in [-0.05, 0) is 17.7 Å². The Balaban J connectivity index is 3.17. The first kappa shape index (κ1) is 6.43. The first-order valence-electron chi connectivity index (χ1n) is 2.37. The fourth-order valence-corrected chi connectivity index (χ4v) is 0.620. The number of nitrogen functional groups attached to an aromatic ring is 1. The van der Waals surface area contributed by atoms with Crippen LogP contribution in [0.1, 0.15) is 0 Å². The van der Waals surface area contributed by atoms with Crippen LogP contribution in [0.3, 0.4) is 0 Å². The summed E-state index contributed by atoms with van der Waals surface area (Å²) in [5, 5.41) is 0.259. The van der Waals surface area contributed by atoms with Gasteiger partial charge in [-0.3, -0.25) is 4.98 Å². The molecule has 0 aromatic carbocycles. The minimum absolute atomic E-state index is 0.259. The number of nitrogens with zero attached hydrogens (tertiary/aromatic N) is 1. The standard InChI is InChI=1S/C5H4BClN2/c6-4-2-1-3(8)5(7)9-4/h1-2H,8H2. The van der Waals surface area contributed by atoms with Crippen molar-refractivity contribution in [3.05, 3.63) is 17.3 Å². The van der Waals surface area contributed by atoms with Crippen molar-refractivity contribution in [1.82, 2.24) is 4.98 Å². The Kier molecular flexibility index (Phi) is 1.62. The van der Waals surface area contributed by atoms with E-state index in [0.717, 1.165) is 0 Å². The summed E-state index contributed by atoms with van der Waals surface area (Å²) in [6.07, 6.45) is 0. The van der Waals surface area contributed by atoms with E-state index in [2.05, 4.69) is 4.98 Å². The molecule has 0 aliphatic heterocycles. The molecule has 0 saturated carbocycles. The first-order valence-corrected chi connectivity index (χ1v) is 2.75. The first-order chi connectivity index (χ1) is 4.20. The molecular formula is C5H4BClN2. The summed E-state index contributed by atoms with van der Waals surface area (Å²) >= 11 is 5.50. The molecule has 0 spiro atoms. The number of hydrogen-bond acceptors (Lipinski definition) is 2. The fourth-order valence-electron chi connectivity index (χ4n) is 0.459. The van der Waals surface area contributed by atoms with Gasteiger partial charge in [0.25, 0.3) is 0 Å². The fraction of sp³-hybridized carbons (Fsp3) is 0. The molecular weight excluding hydrogens is 134 g/mol. The van der Waals surface area contributed by atoms with Crippen molar-refractivity contribution in [3.8, 4) is 0 Å². The summed E-state index contributed by atoms with van der Waals surface area (Å²) in [5.74, 6) is 0. The van der Waals surface area contributed by atoms with E-state index in [4.69, 9.17) is 25.2 Å². The summed E-state index contributed by atoms with van der Waals surface area (Å²) in [4.78, 5) is 3.69. The van der Waals surface area contributed by atoms with Crippen molar-refractivity contribution in [3.63, 3.8) is 0 Å². The van der Waals surface area contributed by atoms with Gasteiger partial charge in [0.2, 0.25) is 0 Å². The van der Waals surface area contributed by atoms with Crippen LogP contribution in [-0.4, -0.2) is 12.8 Å². The molecule has 2 N–H and O–H groups in total. The number of hydrogen-bond donors (Lipinski definition) is 1. The lowest BCUT2D eigenvalue weighted by molar-refractivity contribution is 1.39. The van der Waals surface area contributed by atoms with Gasteiger partial charge in [0.1, 0.15) is 7.85 Å². The molecule has 0 aliphatic carbocycles. The van der Waals surface area contributed by atoms with Crippen molar-refractivity contribution < 1.29 is 0 Å². The molecule has 0 atom stereocenters. The van der Waals surface area contributed by atoms with E-state index in [-0.39, 0.29) is 5.15 Å². The molecule has 0 saturated heterocycles. The van der Waals surface area contributed by atoms with Crippen LogP contribution in [0, 0.1) is 0 Å². The van der Waals surface area contributed by atoms with E-state index in [9.17, 15) is 0 Å².